The third-order valence-electron chi connectivity index (χ3n) is 3.08. The maximum Gasteiger partial charge on any atom is 0.0674 e. The molecule has 0 spiro atoms. The predicted molar refractivity (Wildman–Crippen MR) is 85.9 cm³/mol. The first-order valence-electron chi connectivity index (χ1n) is 6.24. The zero-order valence-corrected chi connectivity index (χ0v) is 13.0. The van der Waals surface area contributed by atoms with Gasteiger partial charge in [-0.25, -0.2) is 0 Å². The number of rotatable bonds is 3. The van der Waals surface area contributed by atoms with Crippen LogP contribution in [-0.2, 0) is 6.54 Å². The molecule has 1 aromatic heterocycles. The molecule has 3 rings (SSSR count). The lowest BCUT2D eigenvalue weighted by atomic mass is 10.1. The van der Waals surface area contributed by atoms with Crippen LogP contribution in [0.5, 0.6) is 0 Å². The summed E-state index contributed by atoms with van der Waals surface area (Å²) >= 11 is 9.66. The van der Waals surface area contributed by atoms with E-state index in [0.29, 0.717) is 6.54 Å². The number of nitrogens with zero attached hydrogens (tertiary/aromatic N) is 2. The molecule has 20 heavy (non-hydrogen) atoms. The van der Waals surface area contributed by atoms with Crippen LogP contribution in [0.15, 0.2) is 65.4 Å². The van der Waals surface area contributed by atoms with Gasteiger partial charge in [-0.3, -0.25) is 4.68 Å². The molecule has 0 radical (unpaired) electrons. The summed E-state index contributed by atoms with van der Waals surface area (Å²) in [7, 11) is 0. The highest BCUT2D eigenvalue weighted by Gasteiger charge is 2.04. The molecule has 2 nitrogen and oxygen atoms in total. The van der Waals surface area contributed by atoms with Crippen molar-refractivity contribution in [2.45, 2.75) is 6.54 Å². The van der Waals surface area contributed by atoms with Gasteiger partial charge in [0.05, 0.1) is 12.7 Å². The summed E-state index contributed by atoms with van der Waals surface area (Å²) in [6, 6.07) is 16.0. The van der Waals surface area contributed by atoms with E-state index in [-0.39, 0.29) is 0 Å². The molecule has 0 aliphatic rings. The number of aromatic nitrogens is 2. The van der Waals surface area contributed by atoms with Crippen LogP contribution in [0.25, 0.3) is 11.1 Å². The van der Waals surface area contributed by atoms with Gasteiger partial charge in [-0.15, -0.1) is 0 Å². The Kier molecular flexibility index (Phi) is 3.90. The molecule has 0 N–H and O–H groups in total. The van der Waals surface area contributed by atoms with E-state index in [1.165, 1.54) is 0 Å². The van der Waals surface area contributed by atoms with Crippen LogP contribution >= 0.6 is 27.5 Å². The van der Waals surface area contributed by atoms with Gasteiger partial charge in [-0.05, 0) is 29.3 Å². The lowest BCUT2D eigenvalue weighted by Crippen LogP contribution is -2.00. The van der Waals surface area contributed by atoms with Crippen molar-refractivity contribution in [1.82, 2.24) is 9.78 Å². The second kappa shape index (κ2) is 5.81. The minimum absolute atomic E-state index is 0.674. The fourth-order valence-corrected chi connectivity index (χ4v) is 2.66. The van der Waals surface area contributed by atoms with Crippen LogP contribution in [-0.4, -0.2) is 9.78 Å². The Morgan fingerprint density at radius 1 is 1.05 bits per heavy atom. The second-order valence-electron chi connectivity index (χ2n) is 4.53. The van der Waals surface area contributed by atoms with Crippen LogP contribution < -0.4 is 0 Å². The largest absolute Gasteiger partial charge is 0.268 e. The third kappa shape index (κ3) is 2.94. The van der Waals surface area contributed by atoms with Gasteiger partial charge >= 0.3 is 0 Å². The molecule has 0 saturated carbocycles. The van der Waals surface area contributed by atoms with Crippen molar-refractivity contribution in [1.29, 1.82) is 0 Å². The summed E-state index contributed by atoms with van der Waals surface area (Å²) in [5.41, 5.74) is 3.31. The average molecular weight is 348 g/mol. The van der Waals surface area contributed by atoms with Crippen molar-refractivity contribution in [3.05, 3.63) is 76.0 Å². The molecular formula is C16H12BrClN2. The van der Waals surface area contributed by atoms with Gasteiger partial charge in [0.25, 0.3) is 0 Å². The summed E-state index contributed by atoms with van der Waals surface area (Å²) in [5, 5.41) is 5.17. The first kappa shape index (κ1) is 13.4. The molecule has 0 atom stereocenters. The molecule has 0 saturated heterocycles. The number of hydrogen-bond acceptors (Lipinski definition) is 1. The van der Waals surface area contributed by atoms with E-state index in [2.05, 4.69) is 33.2 Å². The van der Waals surface area contributed by atoms with Crippen LogP contribution in [0, 0.1) is 0 Å². The van der Waals surface area contributed by atoms with Crippen LogP contribution in [0.1, 0.15) is 5.56 Å². The zero-order valence-electron chi connectivity index (χ0n) is 10.6. The summed E-state index contributed by atoms with van der Waals surface area (Å²) in [6.45, 7) is 0.674. The van der Waals surface area contributed by atoms with Crippen molar-refractivity contribution in [2.24, 2.45) is 0 Å². The summed E-state index contributed by atoms with van der Waals surface area (Å²) < 4.78 is 2.96. The molecule has 3 aromatic rings. The SMILES string of the molecule is Clc1ccccc1Cn1cc(-c2cccc(Br)c2)cn1. The lowest BCUT2D eigenvalue weighted by Gasteiger charge is -2.03. The van der Waals surface area contributed by atoms with E-state index in [4.69, 9.17) is 11.6 Å². The minimum atomic E-state index is 0.674. The Morgan fingerprint density at radius 2 is 1.90 bits per heavy atom. The number of halogens is 2. The summed E-state index contributed by atoms with van der Waals surface area (Å²) in [5.74, 6) is 0. The maximum atomic E-state index is 6.17. The fraction of sp³-hybridized carbons (Fsp3) is 0.0625. The standard InChI is InChI=1S/C16H12BrClN2/c17-15-6-3-5-12(8-15)14-9-19-20(11-14)10-13-4-1-2-7-16(13)18/h1-9,11H,10H2. The molecule has 0 unspecified atom stereocenters. The lowest BCUT2D eigenvalue weighted by molar-refractivity contribution is 0.687. The van der Waals surface area contributed by atoms with Gasteiger partial charge in [-0.2, -0.15) is 5.10 Å². The quantitative estimate of drug-likeness (QED) is 0.651. The van der Waals surface area contributed by atoms with Crippen molar-refractivity contribution in [2.75, 3.05) is 0 Å². The molecule has 2 aromatic carbocycles. The van der Waals surface area contributed by atoms with Gasteiger partial charge in [0.1, 0.15) is 0 Å². The van der Waals surface area contributed by atoms with E-state index in [9.17, 15) is 0 Å². The monoisotopic (exact) mass is 346 g/mol. The highest BCUT2D eigenvalue weighted by Crippen LogP contribution is 2.23. The van der Waals surface area contributed by atoms with E-state index in [1.807, 2.05) is 53.5 Å². The molecule has 100 valence electrons. The molecule has 4 heteroatoms. The van der Waals surface area contributed by atoms with Crippen LogP contribution in [0.3, 0.4) is 0 Å². The number of hydrogen-bond donors (Lipinski definition) is 0. The molecule has 0 bridgehead atoms. The summed E-state index contributed by atoms with van der Waals surface area (Å²) in [6.07, 6.45) is 3.91. The maximum absolute atomic E-state index is 6.17. The molecular weight excluding hydrogens is 336 g/mol. The number of benzene rings is 2. The van der Waals surface area contributed by atoms with Gasteiger partial charge < -0.3 is 0 Å². The van der Waals surface area contributed by atoms with E-state index >= 15 is 0 Å². The van der Waals surface area contributed by atoms with E-state index < -0.39 is 0 Å². The normalized spacial score (nSPS) is 10.7. The molecule has 0 amide bonds. The van der Waals surface area contributed by atoms with Gasteiger partial charge in [0.2, 0.25) is 0 Å². The Bertz CT molecular complexity index is 737. The average Bonchev–Trinajstić information content (AvgIpc) is 2.90. The molecule has 0 aliphatic heterocycles. The van der Waals surface area contributed by atoms with Gasteiger partial charge in [-0.1, -0.05) is 57.9 Å². The van der Waals surface area contributed by atoms with Crippen molar-refractivity contribution in [3.63, 3.8) is 0 Å². The highest BCUT2D eigenvalue weighted by atomic mass is 79.9. The minimum Gasteiger partial charge on any atom is -0.268 e. The molecule has 0 aliphatic carbocycles. The van der Waals surface area contributed by atoms with E-state index in [0.717, 1.165) is 26.2 Å². The first-order valence-corrected chi connectivity index (χ1v) is 7.41. The van der Waals surface area contributed by atoms with Gasteiger partial charge in [0, 0.05) is 21.3 Å². The Morgan fingerprint density at radius 3 is 2.70 bits per heavy atom. The Balaban J connectivity index is 1.86. The fourth-order valence-electron chi connectivity index (χ4n) is 2.07. The summed E-state index contributed by atoms with van der Waals surface area (Å²) in [4.78, 5) is 0. The van der Waals surface area contributed by atoms with Crippen molar-refractivity contribution >= 4 is 27.5 Å². The predicted octanol–water partition coefficient (Wildman–Crippen LogP) is 5.01. The Hall–Kier alpha value is -1.58. The molecule has 0 fully saturated rings. The van der Waals surface area contributed by atoms with Crippen LogP contribution in [0.4, 0.5) is 0 Å². The highest BCUT2D eigenvalue weighted by molar-refractivity contribution is 9.10. The first-order chi connectivity index (χ1) is 9.72. The van der Waals surface area contributed by atoms with Crippen molar-refractivity contribution < 1.29 is 0 Å². The van der Waals surface area contributed by atoms with Crippen LogP contribution in [0.2, 0.25) is 5.02 Å². The van der Waals surface area contributed by atoms with Gasteiger partial charge in [0.15, 0.2) is 0 Å². The zero-order chi connectivity index (χ0) is 13.9. The Labute approximate surface area is 131 Å². The van der Waals surface area contributed by atoms with Crippen molar-refractivity contribution in [3.8, 4) is 11.1 Å². The third-order valence-corrected chi connectivity index (χ3v) is 3.94. The molecule has 1 heterocycles. The van der Waals surface area contributed by atoms with E-state index in [1.54, 1.807) is 0 Å². The smallest absolute Gasteiger partial charge is 0.0674 e. The second-order valence-corrected chi connectivity index (χ2v) is 5.85. The topological polar surface area (TPSA) is 17.8 Å².